The molecular weight excluding hydrogens is 616 g/mol. The second kappa shape index (κ2) is 10.3. The van der Waals surface area contributed by atoms with Crippen LogP contribution in [0.5, 0.6) is 0 Å². The van der Waals surface area contributed by atoms with Gasteiger partial charge in [0.15, 0.2) is 9.84 Å². The van der Waals surface area contributed by atoms with Crippen molar-refractivity contribution in [2.45, 2.75) is 53.0 Å². The lowest BCUT2D eigenvalue weighted by atomic mass is 9.82. The summed E-state index contributed by atoms with van der Waals surface area (Å²) in [6.07, 6.45) is -11.8. The number of amides is 1. The minimum Gasteiger partial charge on any atom is -0.372 e. The second-order valence-electron chi connectivity index (χ2n) is 10.8. The Labute approximate surface area is 241 Å². The number of anilines is 1. The van der Waals surface area contributed by atoms with E-state index in [0.29, 0.717) is 25.0 Å². The van der Waals surface area contributed by atoms with E-state index in [2.05, 4.69) is 0 Å². The first-order valence-electron chi connectivity index (χ1n) is 13.0. The van der Waals surface area contributed by atoms with Crippen LogP contribution in [0.15, 0.2) is 47.4 Å². The van der Waals surface area contributed by atoms with Gasteiger partial charge in [-0.25, -0.2) is 17.2 Å². The first-order valence-corrected chi connectivity index (χ1v) is 15.7. The zero-order valence-electron chi connectivity index (χ0n) is 22.1. The van der Waals surface area contributed by atoms with Crippen molar-refractivity contribution < 1.29 is 48.3 Å². The zero-order valence-corrected chi connectivity index (χ0v) is 23.7. The Bertz CT molecular complexity index is 1480. The molecule has 0 aromatic heterocycles. The summed E-state index contributed by atoms with van der Waals surface area (Å²) in [5, 5.41) is 0. The van der Waals surface area contributed by atoms with Gasteiger partial charge in [-0.3, -0.25) is 4.79 Å². The minimum atomic E-state index is -6.37. The van der Waals surface area contributed by atoms with Crippen LogP contribution in [0.1, 0.15) is 30.4 Å². The van der Waals surface area contributed by atoms with Crippen molar-refractivity contribution in [3.8, 4) is 0 Å². The fourth-order valence-electron chi connectivity index (χ4n) is 6.43. The lowest BCUT2D eigenvalue weighted by Crippen LogP contribution is -2.58. The number of thioether (sulfide) groups is 1. The van der Waals surface area contributed by atoms with Crippen LogP contribution in [-0.2, 0) is 25.0 Å². The Morgan fingerprint density at radius 2 is 1.62 bits per heavy atom. The third kappa shape index (κ3) is 4.47. The summed E-state index contributed by atoms with van der Waals surface area (Å²) in [4.78, 5) is 15.9. The predicted molar refractivity (Wildman–Crippen MR) is 140 cm³/mol. The Balaban J connectivity index is 1.72. The molecule has 42 heavy (non-hydrogen) atoms. The lowest BCUT2D eigenvalue weighted by Gasteiger charge is -2.47. The molecule has 15 heteroatoms. The van der Waals surface area contributed by atoms with Crippen LogP contribution in [-0.4, -0.2) is 69.3 Å². The number of fused-ring (bicyclic) bond motifs is 3. The van der Waals surface area contributed by atoms with Crippen molar-refractivity contribution in [3.63, 3.8) is 0 Å². The van der Waals surface area contributed by atoms with Crippen LogP contribution < -0.4 is 4.90 Å². The fourth-order valence-corrected chi connectivity index (χ4v) is 9.87. The number of alkyl halides is 7. The van der Waals surface area contributed by atoms with Gasteiger partial charge in [-0.1, -0.05) is 18.2 Å². The van der Waals surface area contributed by atoms with Gasteiger partial charge in [0.2, 0.25) is 5.91 Å². The lowest BCUT2D eigenvalue weighted by molar-refractivity contribution is -0.348. The van der Waals surface area contributed by atoms with Gasteiger partial charge >= 0.3 is 18.0 Å². The van der Waals surface area contributed by atoms with E-state index in [1.807, 2.05) is 0 Å². The molecule has 3 aliphatic rings. The molecule has 3 heterocycles. The van der Waals surface area contributed by atoms with Crippen molar-refractivity contribution in [2.24, 2.45) is 5.92 Å². The third-order valence-corrected chi connectivity index (χ3v) is 12.1. The highest BCUT2D eigenvalue weighted by atomic mass is 32.2. The Hall–Kier alpha value is -2.55. The first kappa shape index (κ1) is 30.9. The van der Waals surface area contributed by atoms with Crippen molar-refractivity contribution in [2.75, 3.05) is 36.5 Å². The normalized spacial score (nSPS) is 24.0. The number of carbonyl (C=O) groups excluding carboxylic acids is 1. The summed E-state index contributed by atoms with van der Waals surface area (Å²) >= 11 is 1.68. The molecule has 2 atom stereocenters. The van der Waals surface area contributed by atoms with E-state index >= 15 is 4.39 Å². The van der Waals surface area contributed by atoms with Gasteiger partial charge in [-0.15, -0.1) is 0 Å². The van der Waals surface area contributed by atoms with Crippen LogP contribution in [0.25, 0.3) is 0 Å². The first-order chi connectivity index (χ1) is 19.5. The molecule has 0 spiro atoms. The molecule has 5 nitrogen and oxygen atoms in total. The van der Waals surface area contributed by atoms with Crippen molar-refractivity contribution in [1.82, 2.24) is 4.90 Å². The van der Waals surface area contributed by atoms with Gasteiger partial charge in [0.25, 0.3) is 0 Å². The molecule has 0 bridgehead atoms. The highest BCUT2D eigenvalue weighted by Gasteiger charge is 2.74. The van der Waals surface area contributed by atoms with Crippen LogP contribution in [0.3, 0.4) is 0 Å². The van der Waals surface area contributed by atoms with E-state index < -0.39 is 54.9 Å². The maximum absolute atomic E-state index is 15.0. The SMILES string of the molecule is CN1CC2N(C(=O)C3CCSCC3)CCC2(S(=O)(=O)c2cccc(F)c2)c2ccc(C(F)(C(F)(F)F)C(F)(F)F)cc21. The van der Waals surface area contributed by atoms with Crippen LogP contribution in [0.2, 0.25) is 0 Å². The van der Waals surface area contributed by atoms with Crippen molar-refractivity contribution >= 4 is 33.2 Å². The predicted octanol–water partition coefficient (Wildman–Crippen LogP) is 5.98. The monoisotopic (exact) mass is 642 g/mol. The van der Waals surface area contributed by atoms with Gasteiger partial charge in [0.05, 0.1) is 10.9 Å². The third-order valence-electron chi connectivity index (χ3n) is 8.57. The molecule has 3 aliphatic heterocycles. The Morgan fingerprint density at radius 3 is 2.21 bits per heavy atom. The fraction of sp³-hybridized carbons (Fsp3) is 0.519. The summed E-state index contributed by atoms with van der Waals surface area (Å²) in [6, 6.07) is 4.42. The van der Waals surface area contributed by atoms with Crippen molar-refractivity contribution in [3.05, 3.63) is 59.4 Å². The van der Waals surface area contributed by atoms with E-state index in [4.69, 9.17) is 0 Å². The van der Waals surface area contributed by atoms with Gasteiger partial charge < -0.3 is 9.80 Å². The highest BCUT2D eigenvalue weighted by molar-refractivity contribution is 7.99. The quantitative estimate of drug-likeness (QED) is 0.385. The van der Waals surface area contributed by atoms with Crippen molar-refractivity contribution in [1.29, 1.82) is 0 Å². The molecule has 2 saturated heterocycles. The molecule has 2 fully saturated rings. The van der Waals surface area contributed by atoms with Gasteiger partial charge in [0.1, 0.15) is 10.6 Å². The molecule has 5 rings (SSSR count). The average molecular weight is 643 g/mol. The second-order valence-corrected chi connectivity index (χ2v) is 14.2. The minimum absolute atomic E-state index is 0.0606. The van der Waals surface area contributed by atoms with Crippen LogP contribution >= 0.6 is 11.8 Å². The van der Waals surface area contributed by atoms with E-state index in [9.17, 15) is 43.9 Å². The molecule has 0 aliphatic carbocycles. The van der Waals surface area contributed by atoms with Gasteiger partial charge in [0, 0.05) is 37.3 Å². The number of halogens is 8. The molecule has 2 aromatic rings. The smallest absolute Gasteiger partial charge is 0.372 e. The number of hydrogen-bond acceptors (Lipinski definition) is 5. The zero-order chi connectivity index (χ0) is 30.9. The molecule has 2 unspecified atom stereocenters. The standard InChI is InChI=1S/C27H26F8N2O3S2/c1-36-15-22-24(42(39,40)19-4-2-3-18(28)14-19,9-10-37(22)23(38)16-7-11-41-12-8-16)20-6-5-17(13-21(20)36)25(29,26(30,31)32)27(33,34)35/h2-6,13-14,16,22H,7-12,15H2,1H3. The van der Waals surface area contributed by atoms with Gasteiger partial charge in [-0.2, -0.15) is 38.1 Å². The van der Waals surface area contributed by atoms with E-state index in [0.717, 1.165) is 41.8 Å². The van der Waals surface area contributed by atoms with Gasteiger partial charge in [-0.05, 0) is 60.6 Å². The number of rotatable bonds is 4. The number of likely N-dealkylation sites (N-methyl/N-ethyl adjacent to an activating group) is 1. The topological polar surface area (TPSA) is 57.7 Å². The molecular formula is C27H26F8N2O3S2. The summed E-state index contributed by atoms with van der Waals surface area (Å²) in [5.41, 5.74) is -8.02. The Morgan fingerprint density at radius 1 is 0.976 bits per heavy atom. The molecule has 0 radical (unpaired) electrons. The number of nitrogens with zero attached hydrogens (tertiary/aromatic N) is 2. The number of sulfone groups is 1. The molecule has 1 amide bonds. The van der Waals surface area contributed by atoms with Crippen LogP contribution in [0, 0.1) is 11.7 Å². The summed E-state index contributed by atoms with van der Waals surface area (Å²) in [5.74, 6) is -0.0796. The molecule has 2 aromatic carbocycles. The van der Waals surface area contributed by atoms with Crippen LogP contribution in [0.4, 0.5) is 40.8 Å². The van der Waals surface area contributed by atoms with E-state index in [1.165, 1.54) is 16.8 Å². The molecule has 0 N–H and O–H groups in total. The Kier molecular flexibility index (Phi) is 7.56. The summed E-state index contributed by atoms with van der Waals surface area (Å²) < 4.78 is 138. The summed E-state index contributed by atoms with van der Waals surface area (Å²) in [6.45, 7) is -0.343. The molecule has 0 saturated carbocycles. The van der Waals surface area contributed by atoms with E-state index in [1.54, 1.807) is 11.8 Å². The molecule has 230 valence electrons. The van der Waals surface area contributed by atoms with E-state index in [-0.39, 0.29) is 42.6 Å². The maximum atomic E-state index is 15.0. The largest absolute Gasteiger partial charge is 0.435 e. The number of carbonyl (C=O) groups is 1. The number of benzene rings is 2. The maximum Gasteiger partial charge on any atom is 0.435 e. The number of hydrogen-bond donors (Lipinski definition) is 0. The summed E-state index contributed by atoms with van der Waals surface area (Å²) in [7, 11) is -3.30. The average Bonchev–Trinajstić information content (AvgIpc) is 3.32. The highest BCUT2D eigenvalue weighted by Crippen LogP contribution is 2.57. The number of likely N-dealkylation sites (tertiary alicyclic amines) is 1.